The predicted molar refractivity (Wildman–Crippen MR) is 118 cm³/mol. The maximum Gasteiger partial charge on any atom is 0.191 e. The highest BCUT2D eigenvalue weighted by Crippen LogP contribution is 2.28. The summed E-state index contributed by atoms with van der Waals surface area (Å²) < 4.78 is 13.2. The zero-order chi connectivity index (χ0) is 21.1. The average molecular weight is 402 g/mol. The standard InChI is InChI=1S/C22H35N5O2/c1-6-13-29-20-10-9-19(15-21(20)28-5)16-25-22(23-7-2)24-11-8-12-27-18(4)14-17(3)26-27/h9-10,14-15H,6-8,11-13,16H2,1-5H3,(H2,23,24,25). The molecule has 2 aromatic rings. The topological polar surface area (TPSA) is 72.7 Å². The van der Waals surface area contributed by atoms with Crippen molar-refractivity contribution in [3.05, 3.63) is 41.2 Å². The zero-order valence-corrected chi connectivity index (χ0v) is 18.4. The molecule has 0 aliphatic heterocycles. The SMILES string of the molecule is CCCOc1ccc(CN=C(NCC)NCCCn2nc(C)cc2C)cc1OC. The van der Waals surface area contributed by atoms with Gasteiger partial charge in [-0.05, 0) is 57.4 Å². The van der Waals surface area contributed by atoms with Crippen LogP contribution in [0.15, 0.2) is 29.3 Å². The van der Waals surface area contributed by atoms with Gasteiger partial charge in [0.1, 0.15) is 0 Å². The van der Waals surface area contributed by atoms with Gasteiger partial charge < -0.3 is 20.1 Å². The number of hydrogen-bond acceptors (Lipinski definition) is 4. The fraction of sp³-hybridized carbons (Fsp3) is 0.545. The Morgan fingerprint density at radius 3 is 2.62 bits per heavy atom. The van der Waals surface area contributed by atoms with E-state index >= 15 is 0 Å². The van der Waals surface area contributed by atoms with E-state index in [1.807, 2.05) is 25.1 Å². The number of methoxy groups -OCH3 is 1. The number of nitrogens with zero attached hydrogens (tertiary/aromatic N) is 3. The number of aromatic nitrogens is 2. The second-order valence-corrected chi connectivity index (χ2v) is 6.96. The van der Waals surface area contributed by atoms with Crippen LogP contribution in [0.1, 0.15) is 43.6 Å². The highest BCUT2D eigenvalue weighted by molar-refractivity contribution is 5.79. The lowest BCUT2D eigenvalue weighted by molar-refractivity contribution is 0.294. The summed E-state index contributed by atoms with van der Waals surface area (Å²) >= 11 is 0. The number of ether oxygens (including phenoxy) is 2. The Kier molecular flexibility index (Phi) is 9.34. The van der Waals surface area contributed by atoms with Crippen molar-refractivity contribution < 1.29 is 9.47 Å². The van der Waals surface area contributed by atoms with Gasteiger partial charge in [-0.15, -0.1) is 0 Å². The van der Waals surface area contributed by atoms with Gasteiger partial charge in [-0.25, -0.2) is 4.99 Å². The van der Waals surface area contributed by atoms with Crippen LogP contribution < -0.4 is 20.1 Å². The molecule has 0 bridgehead atoms. The monoisotopic (exact) mass is 401 g/mol. The van der Waals surface area contributed by atoms with Crippen LogP contribution in [0.2, 0.25) is 0 Å². The van der Waals surface area contributed by atoms with Crippen LogP contribution in [0.25, 0.3) is 0 Å². The van der Waals surface area contributed by atoms with Gasteiger partial charge in [0.15, 0.2) is 17.5 Å². The van der Waals surface area contributed by atoms with Gasteiger partial charge in [-0.3, -0.25) is 4.68 Å². The molecule has 2 rings (SSSR count). The molecule has 1 heterocycles. The molecule has 0 saturated heterocycles. The van der Waals surface area contributed by atoms with E-state index in [4.69, 9.17) is 14.5 Å². The summed E-state index contributed by atoms with van der Waals surface area (Å²) in [6.45, 7) is 12.0. The van der Waals surface area contributed by atoms with Crippen LogP contribution in [0.5, 0.6) is 11.5 Å². The van der Waals surface area contributed by atoms with Gasteiger partial charge in [0.2, 0.25) is 0 Å². The molecule has 2 N–H and O–H groups in total. The molecule has 7 nitrogen and oxygen atoms in total. The minimum atomic E-state index is 0.567. The summed E-state index contributed by atoms with van der Waals surface area (Å²) in [5.74, 6) is 2.33. The Morgan fingerprint density at radius 1 is 1.14 bits per heavy atom. The first-order chi connectivity index (χ1) is 14.1. The lowest BCUT2D eigenvalue weighted by Crippen LogP contribution is -2.38. The Labute approximate surface area is 174 Å². The molecule has 160 valence electrons. The fourth-order valence-corrected chi connectivity index (χ4v) is 2.99. The van der Waals surface area contributed by atoms with Gasteiger partial charge in [0.05, 0.1) is 26.0 Å². The van der Waals surface area contributed by atoms with Crippen molar-refractivity contribution in [1.82, 2.24) is 20.4 Å². The van der Waals surface area contributed by atoms with Crippen molar-refractivity contribution >= 4 is 5.96 Å². The normalized spacial score (nSPS) is 11.4. The Bertz CT molecular complexity index is 786. The van der Waals surface area contributed by atoms with Crippen molar-refractivity contribution in [2.75, 3.05) is 26.8 Å². The Hall–Kier alpha value is -2.70. The second kappa shape index (κ2) is 12.0. The molecule has 0 unspecified atom stereocenters. The lowest BCUT2D eigenvalue weighted by Gasteiger charge is -2.13. The van der Waals surface area contributed by atoms with Crippen LogP contribution in [-0.2, 0) is 13.1 Å². The highest BCUT2D eigenvalue weighted by Gasteiger charge is 2.06. The van der Waals surface area contributed by atoms with E-state index in [0.29, 0.717) is 13.2 Å². The predicted octanol–water partition coefficient (Wildman–Crippen LogP) is 3.44. The molecule has 1 aromatic heterocycles. The maximum atomic E-state index is 5.72. The summed E-state index contributed by atoms with van der Waals surface area (Å²) in [7, 11) is 1.66. The van der Waals surface area contributed by atoms with E-state index < -0.39 is 0 Å². The molecule has 0 radical (unpaired) electrons. The summed E-state index contributed by atoms with van der Waals surface area (Å²) in [4.78, 5) is 4.69. The first-order valence-corrected chi connectivity index (χ1v) is 10.4. The quantitative estimate of drug-likeness (QED) is 0.343. The van der Waals surface area contributed by atoms with Crippen molar-refractivity contribution in [2.24, 2.45) is 4.99 Å². The molecule has 1 aromatic carbocycles. The number of hydrogen-bond donors (Lipinski definition) is 2. The van der Waals surface area contributed by atoms with Gasteiger partial charge in [-0.2, -0.15) is 5.10 Å². The van der Waals surface area contributed by atoms with Gasteiger partial charge >= 0.3 is 0 Å². The smallest absolute Gasteiger partial charge is 0.191 e. The molecule has 7 heteroatoms. The van der Waals surface area contributed by atoms with Gasteiger partial charge in [0, 0.05) is 25.3 Å². The molecule has 0 fully saturated rings. The number of aryl methyl sites for hydroxylation is 3. The van der Waals surface area contributed by atoms with E-state index in [1.165, 1.54) is 5.69 Å². The van der Waals surface area contributed by atoms with Crippen molar-refractivity contribution in [3.63, 3.8) is 0 Å². The second-order valence-electron chi connectivity index (χ2n) is 6.96. The van der Waals surface area contributed by atoms with Crippen molar-refractivity contribution in [2.45, 2.75) is 53.6 Å². The molecular formula is C22H35N5O2. The molecule has 29 heavy (non-hydrogen) atoms. The van der Waals surface area contributed by atoms with E-state index in [9.17, 15) is 0 Å². The molecular weight excluding hydrogens is 366 g/mol. The highest BCUT2D eigenvalue weighted by atomic mass is 16.5. The van der Waals surface area contributed by atoms with Crippen LogP contribution in [0, 0.1) is 13.8 Å². The van der Waals surface area contributed by atoms with Crippen LogP contribution >= 0.6 is 0 Å². The summed E-state index contributed by atoms with van der Waals surface area (Å²) in [5.41, 5.74) is 3.33. The summed E-state index contributed by atoms with van der Waals surface area (Å²) in [5, 5.41) is 11.2. The van der Waals surface area contributed by atoms with Crippen molar-refractivity contribution in [3.8, 4) is 11.5 Å². The first kappa shape index (κ1) is 22.6. The first-order valence-electron chi connectivity index (χ1n) is 10.4. The molecule has 0 amide bonds. The largest absolute Gasteiger partial charge is 0.493 e. The number of benzene rings is 1. The van der Waals surface area contributed by atoms with E-state index in [0.717, 1.165) is 61.2 Å². The van der Waals surface area contributed by atoms with Crippen LogP contribution in [0.4, 0.5) is 0 Å². The third kappa shape index (κ3) is 7.33. The molecule has 0 spiro atoms. The summed E-state index contributed by atoms with van der Waals surface area (Å²) in [6.07, 6.45) is 1.94. The zero-order valence-electron chi connectivity index (χ0n) is 18.4. The third-order valence-corrected chi connectivity index (χ3v) is 4.40. The minimum Gasteiger partial charge on any atom is -0.493 e. The molecule has 0 atom stereocenters. The maximum absolute atomic E-state index is 5.72. The fourth-order valence-electron chi connectivity index (χ4n) is 2.99. The van der Waals surface area contributed by atoms with E-state index in [-0.39, 0.29) is 0 Å². The van der Waals surface area contributed by atoms with Gasteiger partial charge in [0.25, 0.3) is 0 Å². The van der Waals surface area contributed by atoms with Crippen LogP contribution in [0.3, 0.4) is 0 Å². The van der Waals surface area contributed by atoms with Gasteiger partial charge in [-0.1, -0.05) is 13.0 Å². The third-order valence-electron chi connectivity index (χ3n) is 4.40. The molecule has 0 aliphatic rings. The van der Waals surface area contributed by atoms with E-state index in [2.05, 4.69) is 47.3 Å². The van der Waals surface area contributed by atoms with Crippen LogP contribution in [-0.4, -0.2) is 42.5 Å². The Balaban J connectivity index is 1.89. The summed E-state index contributed by atoms with van der Waals surface area (Å²) in [6, 6.07) is 8.07. The molecule has 0 saturated carbocycles. The van der Waals surface area contributed by atoms with Crippen molar-refractivity contribution in [1.29, 1.82) is 0 Å². The number of rotatable bonds is 11. The molecule has 0 aliphatic carbocycles. The average Bonchev–Trinajstić information content (AvgIpc) is 3.04. The number of nitrogens with one attached hydrogen (secondary N) is 2. The number of guanidine groups is 1. The minimum absolute atomic E-state index is 0.567. The Morgan fingerprint density at radius 2 is 1.97 bits per heavy atom. The lowest BCUT2D eigenvalue weighted by atomic mass is 10.2. The van der Waals surface area contributed by atoms with E-state index in [1.54, 1.807) is 7.11 Å². The number of aliphatic imine (C=N–C) groups is 1.